The van der Waals surface area contributed by atoms with Crippen molar-refractivity contribution in [1.29, 1.82) is 0 Å². The number of carbonyl (C=O) groups excluding carboxylic acids is 2. The third kappa shape index (κ3) is 9.84. The second kappa shape index (κ2) is 16.5. The molecule has 2 fully saturated rings. The van der Waals surface area contributed by atoms with Gasteiger partial charge in [-0.2, -0.15) is 0 Å². The first-order valence-corrected chi connectivity index (χ1v) is 15.8. The molecular formula is C35H44N4O6. The molecule has 2 saturated heterocycles. The number of ether oxygens (including phenoxy) is 3. The van der Waals surface area contributed by atoms with Crippen LogP contribution in [0.1, 0.15) is 67.6 Å². The van der Waals surface area contributed by atoms with Crippen molar-refractivity contribution >= 4 is 28.9 Å². The van der Waals surface area contributed by atoms with Crippen molar-refractivity contribution < 1.29 is 28.9 Å². The maximum Gasteiger partial charge on any atom is 0.224 e. The molecule has 45 heavy (non-hydrogen) atoms. The number of benzene rings is 3. The fourth-order valence-corrected chi connectivity index (χ4v) is 5.62. The van der Waals surface area contributed by atoms with E-state index in [-0.39, 0.29) is 30.6 Å². The molecule has 2 amide bonds. The zero-order chi connectivity index (χ0) is 31.4. The van der Waals surface area contributed by atoms with E-state index in [1.54, 1.807) is 12.1 Å². The van der Waals surface area contributed by atoms with E-state index in [2.05, 4.69) is 15.5 Å². The average molecular weight is 617 g/mol. The summed E-state index contributed by atoms with van der Waals surface area (Å²) in [6.45, 7) is 4.03. The van der Waals surface area contributed by atoms with Crippen molar-refractivity contribution in [2.45, 2.75) is 63.6 Å². The zero-order valence-corrected chi connectivity index (χ0v) is 25.7. The molecule has 240 valence electrons. The first-order valence-electron chi connectivity index (χ1n) is 15.8. The Morgan fingerprint density at radius 3 is 2.18 bits per heavy atom. The first kappa shape index (κ1) is 32.6. The molecule has 0 aromatic heterocycles. The lowest BCUT2D eigenvalue weighted by Crippen LogP contribution is -2.44. The number of anilines is 3. The molecule has 3 aromatic carbocycles. The Balaban J connectivity index is 1.10. The number of morpholine rings is 1. The number of nitrogen functional groups attached to an aromatic ring is 1. The molecule has 0 unspecified atom stereocenters. The number of nitrogens with two attached hydrogens (primary N) is 1. The third-order valence-corrected chi connectivity index (χ3v) is 8.19. The predicted molar refractivity (Wildman–Crippen MR) is 173 cm³/mol. The van der Waals surface area contributed by atoms with Gasteiger partial charge in [0.15, 0.2) is 6.29 Å². The van der Waals surface area contributed by atoms with E-state index in [1.807, 2.05) is 60.7 Å². The van der Waals surface area contributed by atoms with Crippen molar-refractivity contribution in [2.24, 2.45) is 0 Å². The Hall–Kier alpha value is -3.80. The largest absolute Gasteiger partial charge is 0.397 e. The summed E-state index contributed by atoms with van der Waals surface area (Å²) in [6.07, 6.45) is 2.93. The van der Waals surface area contributed by atoms with Crippen molar-refractivity contribution in [3.05, 3.63) is 89.5 Å². The maximum absolute atomic E-state index is 12.6. The summed E-state index contributed by atoms with van der Waals surface area (Å²) >= 11 is 0. The average Bonchev–Trinajstić information content (AvgIpc) is 3.06. The standard InChI is InChI=1S/C35H44N4O6/c36-30-6-4-5-7-31(30)38-34(42)9-3-1-2-8-33(41)37-28-16-14-27(15-17-28)35-44-29(23-39-18-20-43-21-19-39)22-32(45-35)26-12-10-25(24-40)11-13-26/h4-7,10-17,29,32,35,40H,1-3,8-9,18-24,36H2,(H,37,41)(H,38,42)/t29-,32+,35+/m0/s1. The first-order chi connectivity index (χ1) is 22.0. The molecule has 3 atom stereocenters. The highest BCUT2D eigenvalue weighted by atomic mass is 16.7. The molecule has 2 aliphatic rings. The predicted octanol–water partition coefficient (Wildman–Crippen LogP) is 5.17. The minimum Gasteiger partial charge on any atom is -0.397 e. The van der Waals surface area contributed by atoms with Crippen LogP contribution in [-0.4, -0.2) is 60.8 Å². The number of aliphatic hydroxyl groups excluding tert-OH is 1. The van der Waals surface area contributed by atoms with Crippen LogP contribution in [0.3, 0.4) is 0 Å². The second-order valence-electron chi connectivity index (χ2n) is 11.6. The topological polar surface area (TPSA) is 135 Å². The highest BCUT2D eigenvalue weighted by Crippen LogP contribution is 2.38. The van der Waals surface area contributed by atoms with Gasteiger partial charge in [0.1, 0.15) is 0 Å². The van der Waals surface area contributed by atoms with Gasteiger partial charge in [-0.3, -0.25) is 14.5 Å². The quantitative estimate of drug-likeness (QED) is 0.153. The van der Waals surface area contributed by atoms with Gasteiger partial charge >= 0.3 is 0 Å². The maximum atomic E-state index is 12.6. The van der Waals surface area contributed by atoms with Crippen LogP contribution in [-0.2, 0) is 30.4 Å². The van der Waals surface area contributed by atoms with E-state index in [0.717, 1.165) is 62.4 Å². The van der Waals surface area contributed by atoms with Gasteiger partial charge in [0.25, 0.3) is 0 Å². The van der Waals surface area contributed by atoms with Crippen LogP contribution < -0.4 is 16.4 Å². The minimum absolute atomic E-state index is 0.00422. The van der Waals surface area contributed by atoms with Crippen LogP contribution in [0.2, 0.25) is 0 Å². The van der Waals surface area contributed by atoms with Gasteiger partial charge in [0, 0.05) is 50.1 Å². The summed E-state index contributed by atoms with van der Waals surface area (Å²) in [7, 11) is 0. The number of para-hydroxylation sites is 2. The second-order valence-corrected chi connectivity index (χ2v) is 11.6. The number of hydrogen-bond donors (Lipinski definition) is 4. The minimum atomic E-state index is -0.549. The van der Waals surface area contributed by atoms with E-state index < -0.39 is 6.29 Å². The summed E-state index contributed by atoms with van der Waals surface area (Å²) in [5.74, 6) is -0.145. The van der Waals surface area contributed by atoms with Crippen LogP contribution >= 0.6 is 0 Å². The number of nitrogens with zero attached hydrogens (tertiary/aromatic N) is 1. The van der Waals surface area contributed by atoms with Crippen LogP contribution in [0.5, 0.6) is 0 Å². The lowest BCUT2D eigenvalue weighted by Gasteiger charge is -2.39. The van der Waals surface area contributed by atoms with Crippen LogP contribution in [0.15, 0.2) is 72.8 Å². The van der Waals surface area contributed by atoms with E-state index in [4.69, 9.17) is 19.9 Å². The van der Waals surface area contributed by atoms with Gasteiger partial charge < -0.3 is 35.7 Å². The van der Waals surface area contributed by atoms with Crippen LogP contribution in [0.25, 0.3) is 0 Å². The molecule has 5 rings (SSSR count). The number of carbonyl (C=O) groups is 2. The Bertz CT molecular complexity index is 1380. The highest BCUT2D eigenvalue weighted by molar-refractivity contribution is 5.93. The molecule has 5 N–H and O–H groups in total. The molecule has 0 bridgehead atoms. The molecule has 10 heteroatoms. The fraction of sp³-hybridized carbons (Fsp3) is 0.429. The van der Waals surface area contributed by atoms with E-state index in [1.165, 1.54) is 0 Å². The van der Waals surface area contributed by atoms with Crippen molar-refractivity contribution in [3.8, 4) is 0 Å². The van der Waals surface area contributed by atoms with Gasteiger partial charge in [0.05, 0.1) is 43.4 Å². The van der Waals surface area contributed by atoms with Gasteiger partial charge in [-0.05, 0) is 48.2 Å². The van der Waals surface area contributed by atoms with Crippen molar-refractivity contribution in [3.63, 3.8) is 0 Å². The Labute approximate surface area is 264 Å². The van der Waals surface area contributed by atoms with Gasteiger partial charge in [0.2, 0.25) is 11.8 Å². The highest BCUT2D eigenvalue weighted by Gasteiger charge is 2.33. The Kier molecular flexibility index (Phi) is 11.9. The number of amides is 2. The summed E-state index contributed by atoms with van der Waals surface area (Å²) in [6, 6.07) is 22.7. The molecule has 0 aliphatic carbocycles. The summed E-state index contributed by atoms with van der Waals surface area (Å²) < 4.78 is 18.4. The van der Waals surface area contributed by atoms with E-state index >= 15 is 0 Å². The third-order valence-electron chi connectivity index (χ3n) is 8.19. The van der Waals surface area contributed by atoms with E-state index in [0.29, 0.717) is 42.7 Å². The number of rotatable bonds is 13. The molecule has 3 aromatic rings. The number of aliphatic hydroxyl groups is 1. The summed E-state index contributed by atoms with van der Waals surface area (Å²) in [5, 5.41) is 15.2. The Morgan fingerprint density at radius 1 is 0.822 bits per heavy atom. The van der Waals surface area contributed by atoms with Gasteiger partial charge in [-0.1, -0.05) is 55.0 Å². The fourth-order valence-electron chi connectivity index (χ4n) is 5.62. The van der Waals surface area contributed by atoms with Gasteiger partial charge in [-0.25, -0.2) is 0 Å². The number of unbranched alkanes of at least 4 members (excludes halogenated alkanes) is 2. The summed E-state index contributed by atoms with van der Waals surface area (Å²) in [4.78, 5) is 27.1. The smallest absolute Gasteiger partial charge is 0.224 e. The monoisotopic (exact) mass is 616 g/mol. The Morgan fingerprint density at radius 2 is 1.49 bits per heavy atom. The lowest BCUT2D eigenvalue weighted by atomic mass is 9.99. The van der Waals surface area contributed by atoms with Crippen LogP contribution in [0.4, 0.5) is 17.1 Å². The summed E-state index contributed by atoms with van der Waals surface area (Å²) in [5.41, 5.74) is 10.5. The molecule has 0 spiro atoms. The van der Waals surface area contributed by atoms with Crippen molar-refractivity contribution in [1.82, 2.24) is 4.90 Å². The number of hydrogen-bond acceptors (Lipinski definition) is 8. The van der Waals surface area contributed by atoms with Gasteiger partial charge in [-0.15, -0.1) is 0 Å². The normalized spacial score (nSPS) is 20.4. The molecule has 2 aliphatic heterocycles. The molecule has 0 radical (unpaired) electrons. The molecular weight excluding hydrogens is 572 g/mol. The van der Waals surface area contributed by atoms with Crippen LogP contribution in [0, 0.1) is 0 Å². The van der Waals surface area contributed by atoms with Crippen molar-refractivity contribution in [2.75, 3.05) is 49.2 Å². The SMILES string of the molecule is Nc1ccccc1NC(=O)CCCCCC(=O)Nc1ccc([C@@H]2O[C@H](CN3CCOCC3)C[C@H](c3ccc(CO)cc3)O2)cc1. The molecule has 2 heterocycles. The molecule has 10 nitrogen and oxygen atoms in total. The number of nitrogens with one attached hydrogen (secondary N) is 2. The van der Waals surface area contributed by atoms with E-state index in [9.17, 15) is 14.7 Å². The lowest BCUT2D eigenvalue weighted by molar-refractivity contribution is -0.253. The molecule has 0 saturated carbocycles. The zero-order valence-electron chi connectivity index (χ0n) is 25.7.